The van der Waals surface area contributed by atoms with E-state index in [9.17, 15) is 27.6 Å². The molecule has 4 rings (SSSR count). The van der Waals surface area contributed by atoms with Gasteiger partial charge in [-0.15, -0.1) is 16.9 Å². The summed E-state index contributed by atoms with van der Waals surface area (Å²) < 4.78 is 76.8. The highest BCUT2D eigenvalue weighted by molar-refractivity contribution is 8.00. The van der Waals surface area contributed by atoms with Crippen molar-refractivity contribution >= 4 is 29.7 Å². The molecule has 2 aliphatic rings. The summed E-state index contributed by atoms with van der Waals surface area (Å²) in [5, 5.41) is 11.1. The summed E-state index contributed by atoms with van der Waals surface area (Å²) in [5.41, 5.74) is 7.89. The summed E-state index contributed by atoms with van der Waals surface area (Å²) in [6.07, 6.45) is -2.96. The number of hydrogen-bond acceptors (Lipinski definition) is 13. The van der Waals surface area contributed by atoms with Gasteiger partial charge in [-0.2, -0.15) is 0 Å². The lowest BCUT2D eigenvalue weighted by molar-refractivity contribution is -0.208. The fraction of sp³-hybridized carbons (Fsp3) is 0.577. The lowest BCUT2D eigenvalue weighted by Gasteiger charge is -2.46. The van der Waals surface area contributed by atoms with E-state index in [1.807, 2.05) is 0 Å². The van der Waals surface area contributed by atoms with Crippen molar-refractivity contribution in [2.45, 2.75) is 68.0 Å². The van der Waals surface area contributed by atoms with Crippen molar-refractivity contribution in [2.24, 2.45) is 5.11 Å². The standard InChI is InChI=1S/C26H29F3N6O9S/c1-11(36)41-9-19-24(43-13(3)38)22(35-7-17(32-34-35)14-5-15(27)21(29)16(28)6-14)25(39-4)26(44-19)45-20-10-40-8-18(31-33-30)23(20)42-12(2)37/h5-7,18-20,22-26H,8-10H2,1-4H3. The Bertz CT molecular complexity index is 1440. The van der Waals surface area contributed by atoms with Gasteiger partial charge in [0.25, 0.3) is 0 Å². The lowest BCUT2D eigenvalue weighted by Crippen LogP contribution is -2.58. The number of carbonyl (C=O) groups is 3. The van der Waals surface area contributed by atoms with Gasteiger partial charge in [-0.3, -0.25) is 14.4 Å². The Balaban J connectivity index is 1.75. The van der Waals surface area contributed by atoms with E-state index in [1.54, 1.807) is 0 Å². The molecule has 15 nitrogen and oxygen atoms in total. The van der Waals surface area contributed by atoms with Gasteiger partial charge in [-0.1, -0.05) is 10.3 Å². The SMILES string of the molecule is COC1C(SC2COCC(N=[N+]=[N-])C2OC(C)=O)OC(COC(C)=O)C(OC(C)=O)C1n1cc(-c2cc(F)c(F)c(F)c2)nn1. The molecule has 1 aromatic carbocycles. The van der Waals surface area contributed by atoms with E-state index in [0.717, 1.165) is 30.8 Å². The first-order valence-corrected chi connectivity index (χ1v) is 14.4. The Morgan fingerprint density at radius 2 is 1.73 bits per heavy atom. The number of carbonyl (C=O) groups excluding carboxylic acids is 3. The molecule has 45 heavy (non-hydrogen) atoms. The van der Waals surface area contributed by atoms with E-state index in [2.05, 4.69) is 20.3 Å². The summed E-state index contributed by atoms with van der Waals surface area (Å²) >= 11 is 1.10. The number of aromatic nitrogens is 3. The van der Waals surface area contributed by atoms with E-state index >= 15 is 0 Å². The molecule has 3 heterocycles. The van der Waals surface area contributed by atoms with Crippen LogP contribution in [0.15, 0.2) is 23.4 Å². The molecule has 19 heteroatoms. The van der Waals surface area contributed by atoms with Crippen molar-refractivity contribution in [3.63, 3.8) is 0 Å². The fourth-order valence-electron chi connectivity index (χ4n) is 5.03. The van der Waals surface area contributed by atoms with E-state index in [1.165, 1.54) is 31.8 Å². The van der Waals surface area contributed by atoms with Crippen molar-refractivity contribution in [1.29, 1.82) is 0 Å². The topological polar surface area (TPSA) is 186 Å². The molecule has 0 N–H and O–H groups in total. The maximum Gasteiger partial charge on any atom is 0.303 e. The minimum atomic E-state index is -1.65. The normalized spacial score (nSPS) is 28.1. The average Bonchev–Trinajstić information content (AvgIpc) is 3.46. The van der Waals surface area contributed by atoms with Gasteiger partial charge >= 0.3 is 17.9 Å². The zero-order valence-corrected chi connectivity index (χ0v) is 25.2. The third-order valence-corrected chi connectivity index (χ3v) is 8.27. The molecule has 244 valence electrons. The predicted molar refractivity (Wildman–Crippen MR) is 147 cm³/mol. The largest absolute Gasteiger partial charge is 0.463 e. The molecule has 2 aliphatic heterocycles. The van der Waals surface area contributed by atoms with Crippen molar-refractivity contribution in [2.75, 3.05) is 26.9 Å². The number of methoxy groups -OCH3 is 1. The second kappa shape index (κ2) is 14.9. The summed E-state index contributed by atoms with van der Waals surface area (Å²) in [7, 11) is 1.35. The number of benzene rings is 1. The molecule has 0 radical (unpaired) electrons. The van der Waals surface area contributed by atoms with Crippen LogP contribution in [-0.4, -0.2) is 101 Å². The van der Waals surface area contributed by atoms with E-state index < -0.39 is 82.5 Å². The predicted octanol–water partition coefficient (Wildman–Crippen LogP) is 2.88. The van der Waals surface area contributed by atoms with Crippen molar-refractivity contribution < 1.29 is 56.0 Å². The van der Waals surface area contributed by atoms with Crippen LogP contribution in [0.1, 0.15) is 26.8 Å². The fourth-order valence-corrected chi connectivity index (χ4v) is 6.57. The van der Waals surface area contributed by atoms with Gasteiger partial charge in [0, 0.05) is 38.4 Å². The number of hydrogen-bond donors (Lipinski definition) is 0. The molecular formula is C26H29F3N6O9S. The molecule has 0 bridgehead atoms. The van der Waals surface area contributed by atoms with Gasteiger partial charge in [0.15, 0.2) is 23.6 Å². The number of nitrogens with zero attached hydrogens (tertiary/aromatic N) is 6. The lowest BCUT2D eigenvalue weighted by atomic mass is 9.96. The zero-order chi connectivity index (χ0) is 32.8. The Morgan fingerprint density at radius 1 is 1.07 bits per heavy atom. The van der Waals surface area contributed by atoms with Gasteiger partial charge < -0.3 is 28.4 Å². The van der Waals surface area contributed by atoms with Gasteiger partial charge in [0.2, 0.25) is 0 Å². The highest BCUT2D eigenvalue weighted by Gasteiger charge is 2.52. The van der Waals surface area contributed by atoms with Gasteiger partial charge in [-0.25, -0.2) is 17.9 Å². The Hall–Kier alpha value is -3.90. The molecule has 1 aromatic heterocycles. The third-order valence-electron chi connectivity index (χ3n) is 6.86. The van der Waals surface area contributed by atoms with Crippen LogP contribution in [0.3, 0.4) is 0 Å². The summed E-state index contributed by atoms with van der Waals surface area (Å²) in [6, 6.07) is -0.416. The van der Waals surface area contributed by atoms with Crippen LogP contribution in [0.4, 0.5) is 13.2 Å². The highest BCUT2D eigenvalue weighted by Crippen LogP contribution is 2.42. The van der Waals surface area contributed by atoms with Crippen LogP contribution >= 0.6 is 11.8 Å². The first-order chi connectivity index (χ1) is 21.4. The maximum absolute atomic E-state index is 14.0. The van der Waals surface area contributed by atoms with Crippen LogP contribution in [0, 0.1) is 17.5 Å². The number of ether oxygens (including phenoxy) is 6. The smallest absolute Gasteiger partial charge is 0.303 e. The monoisotopic (exact) mass is 658 g/mol. The van der Waals surface area contributed by atoms with Crippen molar-refractivity contribution in [3.05, 3.63) is 46.2 Å². The Kier molecular flexibility index (Phi) is 11.3. The van der Waals surface area contributed by atoms with Crippen LogP contribution < -0.4 is 0 Å². The molecular weight excluding hydrogens is 629 g/mol. The number of esters is 3. The summed E-state index contributed by atoms with van der Waals surface area (Å²) in [4.78, 5) is 38.7. The third kappa shape index (κ3) is 8.04. The summed E-state index contributed by atoms with van der Waals surface area (Å²) in [5.74, 6) is -6.52. The molecule has 8 atom stereocenters. The van der Waals surface area contributed by atoms with Gasteiger partial charge in [0.05, 0.1) is 30.7 Å². The van der Waals surface area contributed by atoms with Gasteiger partial charge in [0.1, 0.15) is 42.1 Å². The van der Waals surface area contributed by atoms with Crippen molar-refractivity contribution in [3.8, 4) is 11.3 Å². The van der Waals surface area contributed by atoms with Crippen LogP contribution in [0.5, 0.6) is 0 Å². The minimum absolute atomic E-state index is 0.00314. The van der Waals surface area contributed by atoms with Crippen LogP contribution in [0.2, 0.25) is 0 Å². The van der Waals surface area contributed by atoms with E-state index in [4.69, 9.17) is 34.0 Å². The van der Waals surface area contributed by atoms with E-state index in [-0.39, 0.29) is 31.1 Å². The Labute approximate surface area is 258 Å². The highest BCUT2D eigenvalue weighted by atomic mass is 32.2. The van der Waals surface area contributed by atoms with Crippen LogP contribution in [0.25, 0.3) is 21.7 Å². The second-order valence-corrected chi connectivity index (χ2v) is 11.3. The summed E-state index contributed by atoms with van der Waals surface area (Å²) in [6.45, 7) is 3.21. The number of rotatable bonds is 10. The van der Waals surface area contributed by atoms with Gasteiger partial charge in [-0.05, 0) is 17.7 Å². The first-order valence-electron chi connectivity index (χ1n) is 13.4. The quantitative estimate of drug-likeness (QED) is 0.0909. The molecule has 0 saturated carbocycles. The molecule has 0 aliphatic carbocycles. The molecule has 8 unspecified atom stereocenters. The Morgan fingerprint density at radius 3 is 2.33 bits per heavy atom. The number of thioether (sulfide) groups is 1. The first kappa shape index (κ1) is 34.0. The molecule has 0 amide bonds. The van der Waals surface area contributed by atoms with Crippen LogP contribution in [-0.2, 0) is 42.8 Å². The molecule has 2 aromatic rings. The molecule has 0 spiro atoms. The second-order valence-electron chi connectivity index (χ2n) is 10.0. The zero-order valence-electron chi connectivity index (χ0n) is 24.4. The number of azide groups is 1. The minimum Gasteiger partial charge on any atom is -0.463 e. The van der Waals surface area contributed by atoms with Crippen molar-refractivity contribution in [1.82, 2.24) is 15.0 Å². The molecule has 2 fully saturated rings. The van der Waals surface area contributed by atoms with E-state index in [0.29, 0.717) is 0 Å². The maximum atomic E-state index is 14.0. The number of halogens is 3. The molecule has 2 saturated heterocycles. The average molecular weight is 659 g/mol.